The predicted molar refractivity (Wildman–Crippen MR) is 82.4 cm³/mol. The van der Waals surface area contributed by atoms with Gasteiger partial charge in [0.15, 0.2) is 0 Å². The molecule has 0 saturated heterocycles. The van der Waals surface area contributed by atoms with Crippen molar-refractivity contribution in [1.82, 2.24) is 9.38 Å². The molecule has 0 aliphatic carbocycles. The highest BCUT2D eigenvalue weighted by atomic mass is 35.5. The molecule has 0 radical (unpaired) electrons. The molecule has 3 rings (SSSR count). The van der Waals surface area contributed by atoms with Crippen LogP contribution in [0.5, 0.6) is 5.75 Å². The van der Waals surface area contributed by atoms with Crippen LogP contribution >= 0.6 is 11.6 Å². The van der Waals surface area contributed by atoms with E-state index < -0.39 is 0 Å². The van der Waals surface area contributed by atoms with Crippen LogP contribution in [0.4, 0.5) is 5.82 Å². The zero-order chi connectivity index (χ0) is 15.0. The van der Waals surface area contributed by atoms with E-state index in [9.17, 15) is 4.91 Å². The van der Waals surface area contributed by atoms with E-state index in [1.165, 1.54) is 0 Å². The lowest BCUT2D eigenvalue weighted by molar-refractivity contribution is 0.416. The molecule has 2 aromatic heterocycles. The van der Waals surface area contributed by atoms with Crippen molar-refractivity contribution < 1.29 is 4.74 Å². The fourth-order valence-corrected chi connectivity index (χ4v) is 2.44. The minimum absolute atomic E-state index is 0.231. The largest absolute Gasteiger partial charge is 0.496 e. The first-order valence-corrected chi connectivity index (χ1v) is 6.68. The first-order valence-electron chi connectivity index (χ1n) is 6.30. The second-order valence-corrected chi connectivity index (χ2v) is 5.09. The van der Waals surface area contributed by atoms with E-state index in [0.717, 1.165) is 5.56 Å². The number of benzene rings is 1. The van der Waals surface area contributed by atoms with Gasteiger partial charge in [0.25, 0.3) is 0 Å². The number of hydrogen-bond donors (Lipinski definition) is 0. The number of halogens is 1. The summed E-state index contributed by atoms with van der Waals surface area (Å²) in [6, 6.07) is 8.93. The van der Waals surface area contributed by atoms with Crippen LogP contribution < -0.4 is 4.74 Å². The lowest BCUT2D eigenvalue weighted by Crippen LogP contribution is -1.88. The van der Waals surface area contributed by atoms with Crippen LogP contribution in [0.2, 0.25) is 5.02 Å². The Morgan fingerprint density at radius 2 is 2.10 bits per heavy atom. The quantitative estimate of drug-likeness (QED) is 0.675. The molecule has 2 heterocycles. The monoisotopic (exact) mass is 301 g/mol. The molecule has 0 unspecified atom stereocenters. The number of aromatic nitrogens is 2. The standard InChI is InChI=1S/C15H12ClN3O2/c1-9-3-6-13-17-14(15(18-20)19(13)8-9)11-7-10(16)4-5-12(11)21-2/h3-8H,1-2H3. The zero-order valence-corrected chi connectivity index (χ0v) is 12.3. The number of aryl methyl sites for hydroxylation is 1. The molecule has 0 aliphatic heterocycles. The van der Waals surface area contributed by atoms with Crippen LogP contribution in [-0.2, 0) is 0 Å². The maximum atomic E-state index is 11.3. The van der Waals surface area contributed by atoms with Gasteiger partial charge in [0.05, 0.1) is 7.11 Å². The van der Waals surface area contributed by atoms with Crippen molar-refractivity contribution in [3.05, 3.63) is 52.0 Å². The van der Waals surface area contributed by atoms with Gasteiger partial charge in [0.1, 0.15) is 17.1 Å². The number of nitroso groups, excluding NO2 is 1. The fourth-order valence-electron chi connectivity index (χ4n) is 2.27. The number of ether oxygens (including phenoxy) is 1. The van der Waals surface area contributed by atoms with E-state index in [2.05, 4.69) is 10.2 Å². The van der Waals surface area contributed by atoms with Crippen LogP contribution in [0.15, 0.2) is 41.7 Å². The smallest absolute Gasteiger partial charge is 0.209 e. The van der Waals surface area contributed by atoms with Gasteiger partial charge < -0.3 is 4.74 Å². The summed E-state index contributed by atoms with van der Waals surface area (Å²) >= 11 is 6.04. The first-order chi connectivity index (χ1) is 10.1. The summed E-state index contributed by atoms with van der Waals surface area (Å²) in [7, 11) is 1.56. The molecule has 0 amide bonds. The zero-order valence-electron chi connectivity index (χ0n) is 11.5. The summed E-state index contributed by atoms with van der Waals surface area (Å²) in [5.41, 5.74) is 2.75. The Morgan fingerprint density at radius 1 is 1.29 bits per heavy atom. The summed E-state index contributed by atoms with van der Waals surface area (Å²) < 4.78 is 6.99. The normalized spacial score (nSPS) is 10.8. The summed E-state index contributed by atoms with van der Waals surface area (Å²) in [6.07, 6.45) is 1.82. The van der Waals surface area contributed by atoms with Gasteiger partial charge in [-0.15, -0.1) is 4.91 Å². The third-order valence-corrected chi connectivity index (χ3v) is 3.48. The van der Waals surface area contributed by atoms with E-state index in [1.54, 1.807) is 29.7 Å². The SMILES string of the molecule is COc1ccc(Cl)cc1-c1nc2ccc(C)cn2c1N=O. The summed E-state index contributed by atoms with van der Waals surface area (Å²) in [5, 5.41) is 3.67. The van der Waals surface area contributed by atoms with Crippen LogP contribution in [0.25, 0.3) is 16.9 Å². The maximum Gasteiger partial charge on any atom is 0.209 e. The number of fused-ring (bicyclic) bond motifs is 1. The van der Waals surface area contributed by atoms with Crippen molar-refractivity contribution in [2.75, 3.05) is 7.11 Å². The molecule has 3 aromatic rings. The van der Waals surface area contributed by atoms with Gasteiger partial charge in [-0.25, -0.2) is 4.98 Å². The molecule has 21 heavy (non-hydrogen) atoms. The highest BCUT2D eigenvalue weighted by Gasteiger charge is 2.18. The second-order valence-electron chi connectivity index (χ2n) is 4.65. The van der Waals surface area contributed by atoms with Gasteiger partial charge in [-0.05, 0) is 41.9 Å². The van der Waals surface area contributed by atoms with Gasteiger partial charge in [-0.1, -0.05) is 17.7 Å². The number of methoxy groups -OCH3 is 1. The number of rotatable bonds is 3. The number of imidazole rings is 1. The van der Waals surface area contributed by atoms with E-state index in [-0.39, 0.29) is 5.82 Å². The summed E-state index contributed by atoms with van der Waals surface area (Å²) in [4.78, 5) is 15.8. The van der Waals surface area contributed by atoms with E-state index >= 15 is 0 Å². The molecule has 0 spiro atoms. The molecule has 0 fully saturated rings. The molecule has 6 heteroatoms. The minimum Gasteiger partial charge on any atom is -0.496 e. The van der Waals surface area contributed by atoms with E-state index in [1.807, 2.05) is 25.3 Å². The molecule has 5 nitrogen and oxygen atoms in total. The van der Waals surface area contributed by atoms with E-state index in [4.69, 9.17) is 16.3 Å². The fraction of sp³-hybridized carbons (Fsp3) is 0.133. The van der Waals surface area contributed by atoms with Crippen LogP contribution in [0.3, 0.4) is 0 Å². The molecule has 0 atom stereocenters. The Morgan fingerprint density at radius 3 is 2.81 bits per heavy atom. The third kappa shape index (κ3) is 2.25. The maximum absolute atomic E-state index is 11.3. The number of nitrogens with zero attached hydrogens (tertiary/aromatic N) is 3. The van der Waals surface area contributed by atoms with E-state index in [0.29, 0.717) is 27.7 Å². The van der Waals surface area contributed by atoms with Gasteiger partial charge in [-0.3, -0.25) is 4.40 Å². The average molecular weight is 302 g/mol. The minimum atomic E-state index is 0.231. The van der Waals surface area contributed by atoms with Crippen molar-refractivity contribution in [3.63, 3.8) is 0 Å². The molecule has 0 aliphatic rings. The average Bonchev–Trinajstić information content (AvgIpc) is 2.84. The topological polar surface area (TPSA) is 56.0 Å². The molecular weight excluding hydrogens is 290 g/mol. The summed E-state index contributed by atoms with van der Waals surface area (Å²) in [6.45, 7) is 1.94. The predicted octanol–water partition coefficient (Wildman–Crippen LogP) is 4.37. The number of hydrogen-bond acceptors (Lipinski definition) is 4. The lowest BCUT2D eigenvalue weighted by Gasteiger charge is -2.06. The molecular formula is C15H12ClN3O2. The van der Waals surface area contributed by atoms with Crippen LogP contribution in [0.1, 0.15) is 5.56 Å². The van der Waals surface area contributed by atoms with Crippen LogP contribution in [0, 0.1) is 11.8 Å². The summed E-state index contributed by atoms with van der Waals surface area (Å²) in [5.74, 6) is 0.818. The molecule has 0 N–H and O–H groups in total. The first kappa shape index (κ1) is 13.6. The molecule has 0 saturated carbocycles. The van der Waals surface area contributed by atoms with Crippen LogP contribution in [-0.4, -0.2) is 16.5 Å². The van der Waals surface area contributed by atoms with Gasteiger partial charge in [0.2, 0.25) is 5.82 Å². The lowest BCUT2D eigenvalue weighted by atomic mass is 10.1. The van der Waals surface area contributed by atoms with Crippen molar-refractivity contribution >= 4 is 23.1 Å². The highest BCUT2D eigenvalue weighted by molar-refractivity contribution is 6.31. The Labute approximate surface area is 126 Å². The van der Waals surface area contributed by atoms with Crippen molar-refractivity contribution in [1.29, 1.82) is 0 Å². The molecule has 106 valence electrons. The van der Waals surface area contributed by atoms with Crippen molar-refractivity contribution in [3.8, 4) is 17.0 Å². The number of pyridine rings is 1. The Hall–Kier alpha value is -2.40. The van der Waals surface area contributed by atoms with Gasteiger partial charge >= 0.3 is 0 Å². The highest BCUT2D eigenvalue weighted by Crippen LogP contribution is 2.38. The van der Waals surface area contributed by atoms with Crippen molar-refractivity contribution in [2.45, 2.75) is 6.92 Å². The second kappa shape index (κ2) is 5.18. The molecule has 0 bridgehead atoms. The Balaban J connectivity index is 2.35. The van der Waals surface area contributed by atoms with Crippen molar-refractivity contribution in [2.24, 2.45) is 5.18 Å². The van der Waals surface area contributed by atoms with Gasteiger partial charge in [0, 0.05) is 16.8 Å². The Bertz CT molecular complexity index is 842. The molecule has 1 aromatic carbocycles. The van der Waals surface area contributed by atoms with Gasteiger partial charge in [-0.2, -0.15) is 0 Å². The Kier molecular flexibility index (Phi) is 3.35. The third-order valence-electron chi connectivity index (χ3n) is 3.24.